The van der Waals surface area contributed by atoms with Gasteiger partial charge in [0.15, 0.2) is 0 Å². The van der Waals surface area contributed by atoms with Crippen LogP contribution >= 0.6 is 0 Å². The van der Waals surface area contributed by atoms with E-state index in [-0.39, 0.29) is 18.9 Å². The number of aliphatic hydroxyl groups excluding tert-OH is 1. The van der Waals surface area contributed by atoms with Crippen LogP contribution in [0.15, 0.2) is 36.9 Å². The largest absolute Gasteiger partial charge is 0.491 e. The molecule has 2 rings (SSSR count). The highest BCUT2D eigenvalue weighted by Gasteiger charge is 2.30. The molecule has 0 aliphatic heterocycles. The first-order chi connectivity index (χ1) is 9.45. The van der Waals surface area contributed by atoms with Gasteiger partial charge in [0.2, 0.25) is 0 Å². The molecule has 8 heteroatoms. The molecule has 1 aromatic carbocycles. The molecule has 0 aliphatic rings. The van der Waals surface area contributed by atoms with Gasteiger partial charge < -0.3 is 14.4 Å². The molecule has 0 amide bonds. The molecule has 0 unspecified atom stereocenters. The van der Waals surface area contributed by atoms with Gasteiger partial charge >= 0.3 is 6.18 Å². The fourth-order valence-corrected chi connectivity index (χ4v) is 1.57. The average molecular weight is 287 g/mol. The Morgan fingerprint density at radius 1 is 1.25 bits per heavy atom. The van der Waals surface area contributed by atoms with Crippen molar-refractivity contribution in [3.05, 3.63) is 42.5 Å². The number of benzene rings is 1. The van der Waals surface area contributed by atoms with Crippen LogP contribution in [0, 0.1) is 0 Å². The molecule has 0 bridgehead atoms. The number of nitrogens with zero attached hydrogens (tertiary/aromatic N) is 3. The second-order valence-electron chi connectivity index (χ2n) is 4.15. The van der Waals surface area contributed by atoms with Crippen LogP contribution in [0.3, 0.4) is 0 Å². The summed E-state index contributed by atoms with van der Waals surface area (Å²) in [5.41, 5.74) is -0.789. The molecular formula is C12H12F3N3O2. The number of hydrogen-bond acceptors (Lipinski definition) is 4. The van der Waals surface area contributed by atoms with E-state index in [0.717, 1.165) is 12.1 Å². The number of aromatic nitrogens is 3. The minimum atomic E-state index is -4.42. The zero-order valence-electron chi connectivity index (χ0n) is 10.3. The van der Waals surface area contributed by atoms with Crippen LogP contribution in [-0.2, 0) is 12.7 Å². The SMILES string of the molecule is O[C@H](COc1cccc(C(F)(F)F)c1)Cn1cnnc1. The van der Waals surface area contributed by atoms with E-state index >= 15 is 0 Å². The van der Waals surface area contributed by atoms with Crippen LogP contribution in [0.4, 0.5) is 13.2 Å². The fraction of sp³-hybridized carbons (Fsp3) is 0.333. The first kappa shape index (κ1) is 14.3. The zero-order chi connectivity index (χ0) is 14.6. The van der Waals surface area contributed by atoms with Crippen molar-refractivity contribution in [1.29, 1.82) is 0 Å². The lowest BCUT2D eigenvalue weighted by Gasteiger charge is -2.13. The van der Waals surface area contributed by atoms with E-state index in [2.05, 4.69) is 10.2 Å². The summed E-state index contributed by atoms with van der Waals surface area (Å²) in [6, 6.07) is 4.51. The number of halogens is 3. The third-order valence-electron chi connectivity index (χ3n) is 2.49. The Labute approximate surface area is 112 Å². The highest BCUT2D eigenvalue weighted by molar-refractivity contribution is 5.30. The standard InChI is InChI=1S/C12H12F3N3O2/c13-12(14,15)9-2-1-3-11(4-9)20-6-10(19)5-18-7-16-17-8-18/h1-4,7-8,10,19H,5-6H2/t10-/m0/s1. The van der Waals surface area contributed by atoms with Gasteiger partial charge in [0.25, 0.3) is 0 Å². The number of hydrogen-bond donors (Lipinski definition) is 1. The predicted octanol–water partition coefficient (Wildman–Crippen LogP) is 1.74. The Balaban J connectivity index is 1.90. The second kappa shape index (κ2) is 5.91. The van der Waals surface area contributed by atoms with Gasteiger partial charge in [0, 0.05) is 0 Å². The second-order valence-corrected chi connectivity index (χ2v) is 4.15. The van der Waals surface area contributed by atoms with Crippen molar-refractivity contribution in [2.75, 3.05) is 6.61 Å². The molecule has 0 saturated carbocycles. The van der Waals surface area contributed by atoms with E-state index < -0.39 is 17.8 Å². The summed E-state index contributed by atoms with van der Waals surface area (Å²) in [6.07, 6.45) is -2.44. The minimum Gasteiger partial charge on any atom is -0.491 e. The Kier molecular flexibility index (Phi) is 4.23. The van der Waals surface area contributed by atoms with Crippen molar-refractivity contribution in [2.45, 2.75) is 18.8 Å². The van der Waals surface area contributed by atoms with Gasteiger partial charge in [-0.05, 0) is 18.2 Å². The van der Waals surface area contributed by atoms with Crippen LogP contribution < -0.4 is 4.74 Å². The Morgan fingerprint density at radius 3 is 2.60 bits per heavy atom. The minimum absolute atomic E-state index is 0.0580. The first-order valence-corrected chi connectivity index (χ1v) is 5.75. The molecule has 2 aromatic rings. The zero-order valence-corrected chi connectivity index (χ0v) is 10.3. The lowest BCUT2D eigenvalue weighted by molar-refractivity contribution is -0.137. The van der Waals surface area contributed by atoms with Crippen molar-refractivity contribution in [3.8, 4) is 5.75 Å². The van der Waals surface area contributed by atoms with Crippen LogP contribution in [0.2, 0.25) is 0 Å². The molecule has 1 aromatic heterocycles. The molecule has 5 nitrogen and oxygen atoms in total. The van der Waals surface area contributed by atoms with Gasteiger partial charge in [-0.3, -0.25) is 0 Å². The average Bonchev–Trinajstić information content (AvgIpc) is 2.88. The van der Waals surface area contributed by atoms with Crippen LogP contribution in [0.1, 0.15) is 5.56 Å². The predicted molar refractivity (Wildman–Crippen MR) is 63.0 cm³/mol. The lowest BCUT2D eigenvalue weighted by atomic mass is 10.2. The van der Waals surface area contributed by atoms with Crippen LogP contribution in [-0.4, -0.2) is 32.6 Å². The maximum absolute atomic E-state index is 12.5. The Bertz CT molecular complexity index is 543. The smallest absolute Gasteiger partial charge is 0.416 e. The molecule has 1 heterocycles. The van der Waals surface area contributed by atoms with Crippen molar-refractivity contribution in [2.24, 2.45) is 0 Å². The van der Waals surface area contributed by atoms with Gasteiger partial charge in [0.05, 0.1) is 12.1 Å². The molecule has 1 N–H and O–H groups in total. The Morgan fingerprint density at radius 2 is 1.95 bits per heavy atom. The summed E-state index contributed by atoms with van der Waals surface area (Å²) in [5, 5.41) is 16.8. The van der Waals surface area contributed by atoms with Gasteiger partial charge in [-0.1, -0.05) is 6.07 Å². The first-order valence-electron chi connectivity index (χ1n) is 5.75. The molecule has 0 aliphatic carbocycles. The molecular weight excluding hydrogens is 275 g/mol. The van der Waals surface area contributed by atoms with Gasteiger partial charge in [0.1, 0.15) is 31.1 Å². The third-order valence-corrected chi connectivity index (χ3v) is 2.49. The van der Waals surface area contributed by atoms with Crippen LogP contribution in [0.5, 0.6) is 5.75 Å². The van der Waals surface area contributed by atoms with E-state index in [1.165, 1.54) is 24.8 Å². The summed E-state index contributed by atoms with van der Waals surface area (Å²) in [5.74, 6) is 0.0580. The van der Waals surface area contributed by atoms with Gasteiger partial charge in [-0.25, -0.2) is 0 Å². The highest BCUT2D eigenvalue weighted by atomic mass is 19.4. The number of aliphatic hydroxyl groups is 1. The summed E-state index contributed by atoms with van der Waals surface area (Å²) in [4.78, 5) is 0. The van der Waals surface area contributed by atoms with Gasteiger partial charge in [-0.2, -0.15) is 13.2 Å². The fourth-order valence-electron chi connectivity index (χ4n) is 1.57. The molecule has 20 heavy (non-hydrogen) atoms. The monoisotopic (exact) mass is 287 g/mol. The third kappa shape index (κ3) is 3.95. The van der Waals surface area contributed by atoms with Crippen molar-refractivity contribution in [1.82, 2.24) is 14.8 Å². The molecule has 0 radical (unpaired) electrons. The van der Waals surface area contributed by atoms with E-state index in [4.69, 9.17) is 4.74 Å². The number of rotatable bonds is 5. The topological polar surface area (TPSA) is 60.2 Å². The lowest BCUT2D eigenvalue weighted by Crippen LogP contribution is -2.23. The van der Waals surface area contributed by atoms with Crippen LogP contribution in [0.25, 0.3) is 0 Å². The summed E-state index contributed by atoms with van der Waals surface area (Å²) in [7, 11) is 0. The summed E-state index contributed by atoms with van der Waals surface area (Å²) in [6.45, 7) is 0.0749. The summed E-state index contributed by atoms with van der Waals surface area (Å²) >= 11 is 0. The molecule has 108 valence electrons. The molecule has 0 fully saturated rings. The van der Waals surface area contributed by atoms with Crippen molar-refractivity contribution < 1.29 is 23.0 Å². The maximum Gasteiger partial charge on any atom is 0.416 e. The number of alkyl halides is 3. The quantitative estimate of drug-likeness (QED) is 0.910. The van der Waals surface area contributed by atoms with E-state index in [1.807, 2.05) is 0 Å². The van der Waals surface area contributed by atoms with E-state index in [0.29, 0.717) is 0 Å². The number of ether oxygens (including phenoxy) is 1. The summed E-state index contributed by atoms with van der Waals surface area (Å²) < 4.78 is 44.2. The van der Waals surface area contributed by atoms with Crippen molar-refractivity contribution >= 4 is 0 Å². The van der Waals surface area contributed by atoms with Gasteiger partial charge in [-0.15, -0.1) is 10.2 Å². The van der Waals surface area contributed by atoms with E-state index in [9.17, 15) is 18.3 Å². The Hall–Kier alpha value is -2.09. The van der Waals surface area contributed by atoms with Crippen molar-refractivity contribution in [3.63, 3.8) is 0 Å². The maximum atomic E-state index is 12.5. The molecule has 0 saturated heterocycles. The molecule has 0 spiro atoms. The van der Waals surface area contributed by atoms with E-state index in [1.54, 1.807) is 4.57 Å². The highest BCUT2D eigenvalue weighted by Crippen LogP contribution is 2.31. The normalized spacial score (nSPS) is 13.2. The molecule has 1 atom stereocenters.